The average Bonchev–Trinajstić information content (AvgIpc) is 3.16. The summed E-state index contributed by atoms with van der Waals surface area (Å²) in [5.41, 5.74) is 4.51. The highest BCUT2D eigenvalue weighted by molar-refractivity contribution is 6.00. The summed E-state index contributed by atoms with van der Waals surface area (Å²) in [6.07, 6.45) is 2.20. The van der Waals surface area contributed by atoms with E-state index in [-0.39, 0.29) is 18.4 Å². The Kier molecular flexibility index (Phi) is 4.28. The first kappa shape index (κ1) is 16.1. The van der Waals surface area contributed by atoms with E-state index in [1.165, 1.54) is 22.1 Å². The quantitative estimate of drug-likeness (QED) is 0.876. The second kappa shape index (κ2) is 6.38. The maximum Gasteiger partial charge on any atom is 0.249 e. The van der Waals surface area contributed by atoms with Crippen molar-refractivity contribution in [1.29, 1.82) is 0 Å². The Labute approximate surface area is 139 Å². The van der Waals surface area contributed by atoms with Crippen LogP contribution in [-0.2, 0) is 22.6 Å². The van der Waals surface area contributed by atoms with Crippen molar-refractivity contribution >= 4 is 17.5 Å². The monoisotopic (exact) mass is 328 g/mol. The number of benzene rings is 1. The van der Waals surface area contributed by atoms with Crippen LogP contribution in [0, 0.1) is 13.8 Å². The number of rotatable bonds is 4. The van der Waals surface area contributed by atoms with Gasteiger partial charge in [-0.3, -0.25) is 9.59 Å². The van der Waals surface area contributed by atoms with Gasteiger partial charge in [0.1, 0.15) is 18.9 Å². The topological polar surface area (TPSA) is 93.0 Å². The number of tetrazole rings is 1. The van der Waals surface area contributed by atoms with E-state index in [1.54, 1.807) is 11.8 Å². The summed E-state index contributed by atoms with van der Waals surface area (Å²) in [6.45, 7) is 6.43. The van der Waals surface area contributed by atoms with Crippen LogP contribution in [0.25, 0.3) is 0 Å². The zero-order valence-electron chi connectivity index (χ0n) is 14.0. The molecule has 0 saturated heterocycles. The van der Waals surface area contributed by atoms with Crippen LogP contribution in [0.3, 0.4) is 0 Å². The van der Waals surface area contributed by atoms with Gasteiger partial charge in [0.15, 0.2) is 0 Å². The SMILES string of the molecule is Cc1cc2c(cc1C)N(C(=O)[C@H](C)NC(=O)Cn1cnnn1)CC2. The minimum absolute atomic E-state index is 0.0144. The molecule has 3 rings (SSSR count). The van der Waals surface area contributed by atoms with Crippen LogP contribution >= 0.6 is 0 Å². The molecule has 0 aliphatic carbocycles. The molecular weight excluding hydrogens is 308 g/mol. The van der Waals surface area contributed by atoms with Gasteiger partial charge in [0.05, 0.1) is 0 Å². The number of carbonyl (C=O) groups is 2. The van der Waals surface area contributed by atoms with E-state index in [1.807, 2.05) is 13.0 Å². The molecule has 1 aromatic heterocycles. The van der Waals surface area contributed by atoms with Gasteiger partial charge in [0, 0.05) is 12.2 Å². The number of hydrogen-bond donors (Lipinski definition) is 1. The van der Waals surface area contributed by atoms with Crippen molar-refractivity contribution in [2.45, 2.75) is 39.8 Å². The predicted octanol–water partition coefficient (Wildman–Crippen LogP) is 0.384. The van der Waals surface area contributed by atoms with Crippen LogP contribution in [0.15, 0.2) is 18.5 Å². The highest BCUT2D eigenvalue weighted by Crippen LogP contribution is 2.31. The molecule has 8 heteroatoms. The van der Waals surface area contributed by atoms with Crippen molar-refractivity contribution in [2.24, 2.45) is 0 Å². The van der Waals surface area contributed by atoms with Crippen LogP contribution in [-0.4, -0.2) is 44.6 Å². The summed E-state index contributed by atoms with van der Waals surface area (Å²) in [7, 11) is 0. The van der Waals surface area contributed by atoms with E-state index in [2.05, 4.69) is 33.8 Å². The molecule has 0 spiro atoms. The summed E-state index contributed by atoms with van der Waals surface area (Å²) in [5, 5.41) is 13.3. The second-order valence-electron chi connectivity index (χ2n) is 6.10. The number of nitrogens with zero attached hydrogens (tertiary/aromatic N) is 5. The largest absolute Gasteiger partial charge is 0.343 e. The maximum absolute atomic E-state index is 12.7. The van der Waals surface area contributed by atoms with Crippen molar-refractivity contribution in [1.82, 2.24) is 25.5 Å². The Morgan fingerprint density at radius 2 is 2.04 bits per heavy atom. The Hall–Kier alpha value is -2.77. The van der Waals surface area contributed by atoms with Crippen molar-refractivity contribution in [3.05, 3.63) is 35.2 Å². The van der Waals surface area contributed by atoms with Crippen molar-refractivity contribution in [3.8, 4) is 0 Å². The lowest BCUT2D eigenvalue weighted by atomic mass is 10.0. The van der Waals surface area contributed by atoms with Gasteiger partial charge in [-0.2, -0.15) is 0 Å². The molecule has 2 amide bonds. The fourth-order valence-electron chi connectivity index (χ4n) is 2.88. The third-order valence-corrected chi connectivity index (χ3v) is 4.30. The minimum atomic E-state index is -0.610. The van der Waals surface area contributed by atoms with Gasteiger partial charge in [-0.1, -0.05) is 6.07 Å². The van der Waals surface area contributed by atoms with Crippen LogP contribution in [0.1, 0.15) is 23.6 Å². The molecule has 0 unspecified atom stereocenters. The number of anilines is 1. The molecule has 1 aliphatic rings. The normalized spacial score (nSPS) is 14.4. The molecule has 1 aromatic carbocycles. The third-order valence-electron chi connectivity index (χ3n) is 4.30. The average molecular weight is 328 g/mol. The third kappa shape index (κ3) is 3.12. The van der Waals surface area contributed by atoms with Gasteiger partial charge in [0.25, 0.3) is 0 Å². The highest BCUT2D eigenvalue weighted by Gasteiger charge is 2.29. The fraction of sp³-hybridized carbons (Fsp3) is 0.438. The Balaban J connectivity index is 1.67. The first-order chi connectivity index (χ1) is 11.5. The van der Waals surface area contributed by atoms with E-state index < -0.39 is 6.04 Å². The van der Waals surface area contributed by atoms with Crippen molar-refractivity contribution in [2.75, 3.05) is 11.4 Å². The number of nitrogens with one attached hydrogen (secondary N) is 1. The smallest absolute Gasteiger partial charge is 0.249 e. The van der Waals surface area contributed by atoms with Gasteiger partial charge < -0.3 is 10.2 Å². The lowest BCUT2D eigenvalue weighted by molar-refractivity contribution is -0.127. The van der Waals surface area contributed by atoms with Crippen LogP contribution in [0.5, 0.6) is 0 Å². The molecule has 1 atom stereocenters. The summed E-state index contributed by atoms with van der Waals surface area (Å²) in [5.74, 6) is -0.412. The fourth-order valence-corrected chi connectivity index (χ4v) is 2.88. The summed E-state index contributed by atoms with van der Waals surface area (Å²) < 4.78 is 1.31. The van der Waals surface area contributed by atoms with E-state index in [0.717, 1.165) is 17.7 Å². The summed E-state index contributed by atoms with van der Waals surface area (Å²) in [6, 6.07) is 3.57. The number of hydrogen-bond acceptors (Lipinski definition) is 5. The van der Waals surface area contributed by atoms with Crippen LogP contribution < -0.4 is 10.2 Å². The second-order valence-corrected chi connectivity index (χ2v) is 6.10. The van der Waals surface area contributed by atoms with E-state index in [9.17, 15) is 9.59 Å². The molecule has 24 heavy (non-hydrogen) atoms. The Bertz CT molecular complexity index is 771. The first-order valence-electron chi connectivity index (χ1n) is 7.87. The number of amides is 2. The zero-order valence-corrected chi connectivity index (χ0v) is 14.0. The van der Waals surface area contributed by atoms with Crippen molar-refractivity contribution in [3.63, 3.8) is 0 Å². The Morgan fingerprint density at radius 3 is 2.75 bits per heavy atom. The van der Waals surface area contributed by atoms with Gasteiger partial charge >= 0.3 is 0 Å². The molecule has 8 nitrogen and oxygen atoms in total. The van der Waals surface area contributed by atoms with Gasteiger partial charge in [-0.15, -0.1) is 5.10 Å². The molecule has 1 N–H and O–H groups in total. The molecule has 0 radical (unpaired) electrons. The molecule has 0 fully saturated rings. The molecular formula is C16H20N6O2. The summed E-state index contributed by atoms with van der Waals surface area (Å²) >= 11 is 0. The van der Waals surface area contributed by atoms with E-state index >= 15 is 0 Å². The van der Waals surface area contributed by atoms with Gasteiger partial charge in [-0.05, 0) is 60.4 Å². The molecule has 2 heterocycles. The van der Waals surface area contributed by atoms with Gasteiger partial charge in [-0.25, -0.2) is 4.68 Å². The number of carbonyl (C=O) groups excluding carboxylic acids is 2. The predicted molar refractivity (Wildman–Crippen MR) is 87.4 cm³/mol. The van der Waals surface area contributed by atoms with Crippen LogP contribution in [0.2, 0.25) is 0 Å². The maximum atomic E-state index is 12.7. The number of aryl methyl sites for hydroxylation is 2. The number of aromatic nitrogens is 4. The van der Waals surface area contributed by atoms with Gasteiger partial charge in [0.2, 0.25) is 11.8 Å². The number of fused-ring (bicyclic) bond motifs is 1. The minimum Gasteiger partial charge on any atom is -0.343 e. The highest BCUT2D eigenvalue weighted by atomic mass is 16.2. The van der Waals surface area contributed by atoms with E-state index in [4.69, 9.17) is 0 Å². The summed E-state index contributed by atoms with van der Waals surface area (Å²) in [4.78, 5) is 26.4. The van der Waals surface area contributed by atoms with Crippen molar-refractivity contribution < 1.29 is 9.59 Å². The van der Waals surface area contributed by atoms with E-state index in [0.29, 0.717) is 6.54 Å². The standard InChI is InChI=1S/C16H20N6O2/c1-10-6-13-4-5-22(14(13)7-11(10)2)16(24)12(3)18-15(23)8-21-9-17-19-20-21/h6-7,9,12H,4-5,8H2,1-3H3,(H,18,23)/t12-/m0/s1. The molecule has 126 valence electrons. The molecule has 0 bridgehead atoms. The zero-order chi connectivity index (χ0) is 17.3. The molecule has 2 aromatic rings. The first-order valence-corrected chi connectivity index (χ1v) is 7.87. The lowest BCUT2D eigenvalue weighted by Gasteiger charge is -2.23. The Morgan fingerprint density at radius 1 is 1.29 bits per heavy atom. The molecule has 0 saturated carbocycles. The van der Waals surface area contributed by atoms with Crippen LogP contribution in [0.4, 0.5) is 5.69 Å². The lowest BCUT2D eigenvalue weighted by Crippen LogP contribution is -2.47. The molecule has 1 aliphatic heterocycles.